The van der Waals surface area contributed by atoms with Gasteiger partial charge in [0.1, 0.15) is 5.75 Å². The van der Waals surface area contributed by atoms with Crippen LogP contribution in [0, 0.1) is 19.8 Å². The number of ether oxygens (including phenoxy) is 1. The summed E-state index contributed by atoms with van der Waals surface area (Å²) in [6, 6.07) is 13.2. The van der Waals surface area contributed by atoms with Gasteiger partial charge in [0, 0.05) is 17.8 Å². The maximum Gasteiger partial charge on any atom is 0.322 e. The van der Waals surface area contributed by atoms with Crippen LogP contribution in [0.5, 0.6) is 5.75 Å². The average Bonchev–Trinajstić information content (AvgIpc) is 3.27. The Bertz CT molecular complexity index is 1190. The lowest BCUT2D eigenvalue weighted by molar-refractivity contribution is 0.199. The van der Waals surface area contributed by atoms with E-state index in [-0.39, 0.29) is 12.1 Å². The first-order valence-electron chi connectivity index (χ1n) is 11.1. The third-order valence-corrected chi connectivity index (χ3v) is 6.01. The van der Waals surface area contributed by atoms with Crippen LogP contribution in [-0.4, -0.2) is 34.7 Å². The van der Waals surface area contributed by atoms with Gasteiger partial charge in [-0.1, -0.05) is 37.2 Å². The van der Waals surface area contributed by atoms with E-state index in [1.54, 1.807) is 12.0 Å². The number of amides is 2. The van der Waals surface area contributed by atoms with Gasteiger partial charge in [0.2, 0.25) is 5.82 Å². The fraction of sp³-hybridized carbons (Fsp3) is 0.346. The monoisotopic (exact) mass is 446 g/mol. The van der Waals surface area contributed by atoms with Crippen molar-refractivity contribution in [3.8, 4) is 17.1 Å². The molecule has 2 aromatic carbocycles. The molecule has 172 valence electrons. The lowest BCUT2D eigenvalue weighted by Gasteiger charge is -2.36. The van der Waals surface area contributed by atoms with Crippen LogP contribution < -0.4 is 10.1 Å². The second kappa shape index (κ2) is 9.10. The largest absolute Gasteiger partial charge is 0.497 e. The van der Waals surface area contributed by atoms with Crippen molar-refractivity contribution in [3.05, 3.63) is 70.7 Å². The highest BCUT2D eigenvalue weighted by Crippen LogP contribution is 2.38. The Labute approximate surface area is 194 Å². The van der Waals surface area contributed by atoms with Crippen LogP contribution in [0.15, 0.2) is 52.7 Å². The van der Waals surface area contributed by atoms with Crippen LogP contribution in [-0.2, 0) is 0 Å². The predicted molar refractivity (Wildman–Crippen MR) is 128 cm³/mol. The second-order valence-electron chi connectivity index (χ2n) is 8.88. The summed E-state index contributed by atoms with van der Waals surface area (Å²) in [5.74, 6) is 1.95. The van der Waals surface area contributed by atoms with Crippen molar-refractivity contribution >= 4 is 11.6 Å². The molecule has 0 fully saturated rings. The lowest BCUT2D eigenvalue weighted by atomic mass is 9.92. The molecule has 3 aromatic rings. The summed E-state index contributed by atoms with van der Waals surface area (Å²) in [4.78, 5) is 19.5. The van der Waals surface area contributed by atoms with Crippen molar-refractivity contribution in [3.63, 3.8) is 0 Å². The van der Waals surface area contributed by atoms with Gasteiger partial charge in [-0.25, -0.2) is 4.79 Å². The Morgan fingerprint density at radius 1 is 1.09 bits per heavy atom. The van der Waals surface area contributed by atoms with Crippen molar-refractivity contribution in [2.45, 2.75) is 40.7 Å². The molecule has 1 aliphatic rings. The summed E-state index contributed by atoms with van der Waals surface area (Å²) in [6.07, 6.45) is 0. The molecule has 0 saturated heterocycles. The van der Waals surface area contributed by atoms with Gasteiger partial charge in [0.15, 0.2) is 0 Å². The van der Waals surface area contributed by atoms with E-state index in [0.717, 1.165) is 33.7 Å². The van der Waals surface area contributed by atoms with Crippen LogP contribution in [0.4, 0.5) is 4.79 Å². The number of hydrogen-bond acceptors (Lipinski definition) is 5. The van der Waals surface area contributed by atoms with E-state index >= 15 is 0 Å². The highest BCUT2D eigenvalue weighted by atomic mass is 16.5. The van der Waals surface area contributed by atoms with Gasteiger partial charge >= 0.3 is 6.03 Å². The molecule has 1 aromatic heterocycles. The van der Waals surface area contributed by atoms with E-state index < -0.39 is 0 Å². The smallest absolute Gasteiger partial charge is 0.322 e. The number of hydrogen-bond donors (Lipinski definition) is 1. The zero-order chi connectivity index (χ0) is 23.7. The maximum absolute atomic E-state index is 13.0. The van der Waals surface area contributed by atoms with Gasteiger partial charge in [0.05, 0.1) is 18.7 Å². The minimum Gasteiger partial charge on any atom is -0.497 e. The first-order chi connectivity index (χ1) is 15.8. The number of methoxy groups -OCH3 is 1. The van der Waals surface area contributed by atoms with Crippen LogP contribution in [0.3, 0.4) is 0 Å². The molecule has 7 nitrogen and oxygen atoms in total. The van der Waals surface area contributed by atoms with Gasteiger partial charge in [-0.05, 0) is 67.6 Å². The number of aromatic nitrogens is 2. The Morgan fingerprint density at radius 2 is 1.82 bits per heavy atom. The number of benzene rings is 2. The Hall–Kier alpha value is -3.61. The van der Waals surface area contributed by atoms with E-state index in [0.29, 0.717) is 24.2 Å². The number of rotatable bonds is 6. The topological polar surface area (TPSA) is 80.5 Å². The number of allylic oxidation sites excluding steroid dienone is 1. The standard InChI is InChI=1S/C26H30N4O3/c1-15(2)14-30-18(5)22(23(27-26(30)31)20-8-7-16(3)17(4)13-20)25-28-24(29-33-25)19-9-11-21(32-6)12-10-19/h7-13,15,23H,14H2,1-6H3,(H,27,31). The van der Waals surface area contributed by atoms with E-state index in [1.165, 1.54) is 5.56 Å². The first-order valence-corrected chi connectivity index (χ1v) is 11.1. The summed E-state index contributed by atoms with van der Waals surface area (Å²) in [5.41, 5.74) is 5.79. The zero-order valence-corrected chi connectivity index (χ0v) is 20.0. The predicted octanol–water partition coefficient (Wildman–Crippen LogP) is 5.52. The highest BCUT2D eigenvalue weighted by molar-refractivity contribution is 5.87. The number of carbonyl (C=O) groups excluding carboxylic acids is 1. The fourth-order valence-electron chi connectivity index (χ4n) is 4.03. The van der Waals surface area contributed by atoms with E-state index in [4.69, 9.17) is 14.2 Å². The van der Waals surface area contributed by atoms with Crippen molar-refractivity contribution < 1.29 is 14.1 Å². The third-order valence-electron chi connectivity index (χ3n) is 6.01. The molecule has 1 unspecified atom stereocenters. The summed E-state index contributed by atoms with van der Waals surface area (Å²) in [7, 11) is 1.63. The van der Waals surface area contributed by atoms with Gasteiger partial charge in [-0.15, -0.1) is 0 Å². The fourth-order valence-corrected chi connectivity index (χ4v) is 4.03. The molecule has 2 heterocycles. The lowest BCUT2D eigenvalue weighted by Crippen LogP contribution is -2.47. The number of carbonyl (C=O) groups is 1. The Kier molecular flexibility index (Phi) is 6.22. The second-order valence-corrected chi connectivity index (χ2v) is 8.88. The molecule has 7 heteroatoms. The minimum absolute atomic E-state index is 0.122. The van der Waals surface area contributed by atoms with Gasteiger partial charge in [-0.3, -0.25) is 4.90 Å². The van der Waals surface area contributed by atoms with Crippen molar-refractivity contribution in [1.82, 2.24) is 20.4 Å². The van der Waals surface area contributed by atoms with E-state index in [2.05, 4.69) is 50.3 Å². The molecule has 0 bridgehead atoms. The minimum atomic E-state index is -0.385. The van der Waals surface area contributed by atoms with Crippen molar-refractivity contribution in [2.75, 3.05) is 13.7 Å². The Balaban J connectivity index is 1.80. The molecule has 0 aliphatic carbocycles. The summed E-state index contributed by atoms with van der Waals surface area (Å²) < 4.78 is 11.0. The molecule has 4 rings (SSSR count). The Morgan fingerprint density at radius 3 is 2.45 bits per heavy atom. The average molecular weight is 447 g/mol. The number of urea groups is 1. The van der Waals surface area contributed by atoms with Crippen molar-refractivity contribution in [1.29, 1.82) is 0 Å². The molecular formula is C26H30N4O3. The molecule has 0 saturated carbocycles. The van der Waals surface area contributed by atoms with Crippen molar-refractivity contribution in [2.24, 2.45) is 5.92 Å². The maximum atomic E-state index is 13.0. The molecule has 33 heavy (non-hydrogen) atoms. The van der Waals surface area contributed by atoms with Crippen LogP contribution in [0.2, 0.25) is 0 Å². The van der Waals surface area contributed by atoms with Gasteiger partial charge in [0.25, 0.3) is 5.89 Å². The molecule has 2 amide bonds. The quantitative estimate of drug-likeness (QED) is 0.540. The summed E-state index contributed by atoms with van der Waals surface area (Å²) in [5, 5.41) is 7.39. The van der Waals surface area contributed by atoms with Gasteiger partial charge < -0.3 is 14.6 Å². The normalized spacial score (nSPS) is 16.4. The summed E-state index contributed by atoms with van der Waals surface area (Å²) in [6.45, 7) is 10.9. The van der Waals surface area contributed by atoms with E-state index in [1.807, 2.05) is 37.3 Å². The highest BCUT2D eigenvalue weighted by Gasteiger charge is 2.36. The molecule has 0 spiro atoms. The zero-order valence-electron chi connectivity index (χ0n) is 20.0. The number of aryl methyl sites for hydroxylation is 2. The molecule has 0 radical (unpaired) electrons. The third kappa shape index (κ3) is 4.49. The number of nitrogens with zero attached hydrogens (tertiary/aromatic N) is 3. The molecule has 1 aliphatic heterocycles. The van der Waals surface area contributed by atoms with Gasteiger partial charge in [-0.2, -0.15) is 4.98 Å². The molecule has 1 atom stereocenters. The number of nitrogens with one attached hydrogen (secondary N) is 1. The van der Waals surface area contributed by atoms with E-state index in [9.17, 15) is 4.79 Å². The SMILES string of the molecule is COc1ccc(-c2noc(C3=C(C)N(CC(C)C)C(=O)NC3c3ccc(C)c(C)c3)n2)cc1. The first kappa shape index (κ1) is 22.6. The van der Waals surface area contributed by atoms with Crippen LogP contribution in [0.1, 0.15) is 49.4 Å². The summed E-state index contributed by atoms with van der Waals surface area (Å²) >= 11 is 0. The molecular weight excluding hydrogens is 416 g/mol. The van der Waals surface area contributed by atoms with Crippen LogP contribution in [0.25, 0.3) is 17.0 Å². The van der Waals surface area contributed by atoms with Crippen LogP contribution >= 0.6 is 0 Å². The molecule has 1 N–H and O–H groups in total.